The summed E-state index contributed by atoms with van der Waals surface area (Å²) < 4.78 is 48.3. The number of carbonyl (C=O) groups is 1. The van der Waals surface area contributed by atoms with Crippen LogP contribution in [0.3, 0.4) is 0 Å². The van der Waals surface area contributed by atoms with Crippen molar-refractivity contribution in [3.63, 3.8) is 0 Å². The Morgan fingerprint density at radius 2 is 1.88 bits per heavy atom. The third kappa shape index (κ3) is 4.98. The molecule has 2 aliphatic rings. The fourth-order valence-corrected chi connectivity index (χ4v) is 6.21. The molecular formula is C22H29FN4O4S2. The molecule has 0 N–H and O–H groups in total. The lowest BCUT2D eigenvalue weighted by molar-refractivity contribution is -0.135. The maximum Gasteiger partial charge on any atom is 0.263 e. The molecule has 0 saturated carbocycles. The number of carbonyl (C=O) groups excluding carboxylic acids is 1. The Morgan fingerprint density at radius 1 is 1.18 bits per heavy atom. The molecule has 4 rings (SSSR count). The summed E-state index contributed by atoms with van der Waals surface area (Å²) in [5.41, 5.74) is 0.390. The van der Waals surface area contributed by atoms with Crippen LogP contribution in [0.4, 0.5) is 9.52 Å². The van der Waals surface area contributed by atoms with Gasteiger partial charge in [-0.15, -0.1) is 0 Å². The number of benzene rings is 1. The van der Waals surface area contributed by atoms with Crippen LogP contribution in [-0.4, -0.2) is 66.6 Å². The highest BCUT2D eigenvalue weighted by Gasteiger charge is 2.39. The number of nitrogens with zero attached hydrogens (tertiary/aromatic N) is 4. The Bertz CT molecular complexity index is 1140. The number of amides is 1. The van der Waals surface area contributed by atoms with Crippen molar-refractivity contribution < 1.29 is 22.3 Å². The van der Waals surface area contributed by atoms with Crippen molar-refractivity contribution in [3.8, 4) is 5.75 Å². The number of ether oxygens (including phenoxy) is 1. The van der Waals surface area contributed by atoms with Crippen LogP contribution in [0.2, 0.25) is 0 Å². The molecule has 1 amide bonds. The van der Waals surface area contributed by atoms with Gasteiger partial charge in [0.2, 0.25) is 5.13 Å². The maximum absolute atomic E-state index is 14.5. The fraction of sp³-hybridized carbons (Fsp3) is 0.591. The SMILES string of the molecule is Cc1cc(O[C@H]2CCN(C3CCN(c4nc(C(C)C)ns4)CC3)C2=O)c(F)cc1S(C)(=O)=O. The van der Waals surface area contributed by atoms with Gasteiger partial charge in [-0.05, 0) is 37.5 Å². The van der Waals surface area contributed by atoms with Crippen LogP contribution < -0.4 is 9.64 Å². The van der Waals surface area contributed by atoms with Crippen LogP contribution in [0.5, 0.6) is 5.75 Å². The third-order valence-electron chi connectivity index (χ3n) is 6.21. The predicted molar refractivity (Wildman–Crippen MR) is 124 cm³/mol. The zero-order valence-electron chi connectivity index (χ0n) is 19.2. The summed E-state index contributed by atoms with van der Waals surface area (Å²) in [5.74, 6) is 0.142. The molecule has 0 radical (unpaired) electrons. The second kappa shape index (κ2) is 9.17. The molecule has 2 aliphatic heterocycles. The Balaban J connectivity index is 1.37. The molecule has 1 atom stereocenters. The van der Waals surface area contributed by atoms with Gasteiger partial charge in [0.25, 0.3) is 5.91 Å². The Labute approximate surface area is 197 Å². The molecule has 0 bridgehead atoms. The molecule has 0 unspecified atom stereocenters. The number of hydrogen-bond donors (Lipinski definition) is 0. The number of likely N-dealkylation sites (tertiary alicyclic amines) is 1. The molecule has 33 heavy (non-hydrogen) atoms. The van der Waals surface area contributed by atoms with Crippen LogP contribution in [-0.2, 0) is 14.6 Å². The highest BCUT2D eigenvalue weighted by molar-refractivity contribution is 7.90. The van der Waals surface area contributed by atoms with Crippen LogP contribution in [0.15, 0.2) is 17.0 Å². The summed E-state index contributed by atoms with van der Waals surface area (Å²) in [5, 5.41) is 0.925. The maximum atomic E-state index is 14.5. The normalized spacial score (nSPS) is 20.2. The molecule has 180 valence electrons. The summed E-state index contributed by atoms with van der Waals surface area (Å²) in [6.07, 6.45) is 2.39. The summed E-state index contributed by atoms with van der Waals surface area (Å²) in [6.45, 7) is 7.89. The average molecular weight is 497 g/mol. The molecule has 11 heteroatoms. The fourth-order valence-electron chi connectivity index (χ4n) is 4.38. The van der Waals surface area contributed by atoms with Gasteiger partial charge in [-0.1, -0.05) is 13.8 Å². The van der Waals surface area contributed by atoms with Gasteiger partial charge in [0.15, 0.2) is 27.5 Å². The largest absolute Gasteiger partial charge is 0.477 e. The summed E-state index contributed by atoms with van der Waals surface area (Å²) in [4.78, 5) is 21.6. The highest BCUT2D eigenvalue weighted by Crippen LogP contribution is 2.31. The van der Waals surface area contributed by atoms with Crippen molar-refractivity contribution in [2.45, 2.75) is 63.0 Å². The van der Waals surface area contributed by atoms with Gasteiger partial charge in [0.05, 0.1) is 4.90 Å². The van der Waals surface area contributed by atoms with Crippen LogP contribution in [0.25, 0.3) is 0 Å². The average Bonchev–Trinajstić information content (AvgIpc) is 3.38. The van der Waals surface area contributed by atoms with Crippen molar-refractivity contribution in [1.29, 1.82) is 0 Å². The number of halogens is 1. The first-order valence-corrected chi connectivity index (χ1v) is 13.8. The van der Waals surface area contributed by atoms with E-state index in [1.54, 1.807) is 6.92 Å². The summed E-state index contributed by atoms with van der Waals surface area (Å²) in [7, 11) is -3.54. The standard InChI is InChI=1S/C22H29FN4O4S2/c1-13(2)20-24-22(32-25-20)26-8-5-15(6-9-26)27-10-7-17(21(27)28)31-18-11-14(3)19(12-16(18)23)33(4,29)30/h11-13,15,17H,5-10H2,1-4H3/t17-/m0/s1. The van der Waals surface area contributed by atoms with Gasteiger partial charge in [-0.25, -0.2) is 17.8 Å². The van der Waals surface area contributed by atoms with Gasteiger partial charge in [-0.3, -0.25) is 4.79 Å². The minimum atomic E-state index is -3.54. The molecule has 0 aliphatic carbocycles. The second-order valence-electron chi connectivity index (χ2n) is 9.06. The lowest BCUT2D eigenvalue weighted by atomic mass is 10.0. The van der Waals surface area contributed by atoms with Gasteiger partial charge < -0.3 is 14.5 Å². The Hall–Kier alpha value is -2.27. The van der Waals surface area contributed by atoms with E-state index in [1.807, 2.05) is 4.90 Å². The van der Waals surface area contributed by atoms with Crippen molar-refractivity contribution in [2.24, 2.45) is 0 Å². The molecule has 2 aromatic rings. The van der Waals surface area contributed by atoms with E-state index in [0.717, 1.165) is 49.2 Å². The first-order valence-electron chi connectivity index (χ1n) is 11.1. The highest BCUT2D eigenvalue weighted by atomic mass is 32.2. The van der Waals surface area contributed by atoms with E-state index in [0.29, 0.717) is 24.4 Å². The number of piperidine rings is 1. The molecule has 8 nitrogen and oxygen atoms in total. The number of aromatic nitrogens is 2. The van der Waals surface area contributed by atoms with E-state index < -0.39 is 21.8 Å². The number of rotatable bonds is 6. The minimum absolute atomic E-state index is 0.0746. The van der Waals surface area contributed by atoms with Gasteiger partial charge >= 0.3 is 0 Å². The van der Waals surface area contributed by atoms with Crippen molar-refractivity contribution in [2.75, 3.05) is 30.8 Å². The monoisotopic (exact) mass is 496 g/mol. The molecule has 1 aromatic heterocycles. The van der Waals surface area contributed by atoms with E-state index in [4.69, 9.17) is 4.74 Å². The van der Waals surface area contributed by atoms with E-state index in [1.165, 1.54) is 17.6 Å². The minimum Gasteiger partial charge on any atom is -0.477 e. The van der Waals surface area contributed by atoms with Crippen LogP contribution in [0.1, 0.15) is 50.4 Å². The van der Waals surface area contributed by atoms with Gasteiger partial charge in [0, 0.05) is 55.8 Å². The van der Waals surface area contributed by atoms with Gasteiger partial charge in [-0.2, -0.15) is 4.37 Å². The third-order valence-corrected chi connectivity index (χ3v) is 8.24. The molecule has 2 fully saturated rings. The van der Waals surface area contributed by atoms with E-state index in [-0.39, 0.29) is 22.6 Å². The Morgan fingerprint density at radius 3 is 2.48 bits per heavy atom. The van der Waals surface area contributed by atoms with E-state index in [9.17, 15) is 17.6 Å². The number of sulfone groups is 1. The summed E-state index contributed by atoms with van der Waals surface area (Å²) >= 11 is 1.42. The molecule has 0 spiro atoms. The zero-order chi connectivity index (χ0) is 23.9. The number of anilines is 1. The summed E-state index contributed by atoms with van der Waals surface area (Å²) in [6, 6.07) is 2.43. The number of aryl methyl sites for hydroxylation is 1. The van der Waals surface area contributed by atoms with E-state index in [2.05, 4.69) is 28.1 Å². The molecule has 1 aromatic carbocycles. The predicted octanol–water partition coefficient (Wildman–Crippen LogP) is 3.16. The lowest BCUT2D eigenvalue weighted by Gasteiger charge is -2.36. The first-order chi connectivity index (χ1) is 15.5. The second-order valence-corrected chi connectivity index (χ2v) is 11.8. The quantitative estimate of drug-likeness (QED) is 0.607. The molecule has 3 heterocycles. The van der Waals surface area contributed by atoms with Gasteiger partial charge in [0.1, 0.15) is 5.82 Å². The molecular weight excluding hydrogens is 467 g/mol. The first kappa shape index (κ1) is 23.9. The van der Waals surface area contributed by atoms with Crippen molar-refractivity contribution in [3.05, 3.63) is 29.3 Å². The van der Waals surface area contributed by atoms with Crippen molar-refractivity contribution >= 4 is 32.4 Å². The lowest BCUT2D eigenvalue weighted by Crippen LogP contribution is -2.47. The molecule has 2 saturated heterocycles. The van der Waals surface area contributed by atoms with E-state index >= 15 is 0 Å². The number of hydrogen-bond acceptors (Lipinski definition) is 8. The zero-order valence-corrected chi connectivity index (χ0v) is 20.9. The topological polar surface area (TPSA) is 92.7 Å². The van der Waals surface area contributed by atoms with Crippen LogP contribution >= 0.6 is 11.5 Å². The Kier molecular flexibility index (Phi) is 6.63. The van der Waals surface area contributed by atoms with Crippen molar-refractivity contribution in [1.82, 2.24) is 14.3 Å². The smallest absolute Gasteiger partial charge is 0.263 e. The van der Waals surface area contributed by atoms with Crippen LogP contribution in [0, 0.1) is 12.7 Å².